The number of ether oxygens (including phenoxy) is 2. The number of aromatic hydroxyl groups is 1. The molecule has 0 amide bonds. The molecule has 2 bridgehead atoms. The first kappa shape index (κ1) is 25.4. The zero-order valence-corrected chi connectivity index (χ0v) is 23.3. The smallest absolute Gasteiger partial charge is 0.303 e. The van der Waals surface area contributed by atoms with Gasteiger partial charge in [-0.2, -0.15) is 0 Å². The number of hydrogen-bond donors (Lipinski definition) is 2. The van der Waals surface area contributed by atoms with E-state index in [4.69, 9.17) is 9.47 Å². The number of likely N-dealkylation sites (tertiary alicyclic amines) is 1. The number of phenols is 1. The van der Waals surface area contributed by atoms with Crippen molar-refractivity contribution in [3.05, 3.63) is 58.7 Å². The average molecular weight is 553 g/mol. The van der Waals surface area contributed by atoms with Crippen LogP contribution in [0.25, 0.3) is 0 Å². The SMILES string of the molecule is CC(=O)O[C@@]12CC[C@@H](NS(=O)(=O)Cc3ccccc3C)[C@@H]3Oc4c(O)ccc5c4[C@@]31CCN(CC1CC1)[C@@H]2C5. The highest BCUT2D eigenvalue weighted by Crippen LogP contribution is 2.66. The van der Waals surface area contributed by atoms with Crippen molar-refractivity contribution < 1.29 is 27.8 Å². The quantitative estimate of drug-likeness (QED) is 0.508. The van der Waals surface area contributed by atoms with Crippen LogP contribution in [-0.2, 0) is 37.1 Å². The van der Waals surface area contributed by atoms with Crippen molar-refractivity contribution >= 4 is 16.0 Å². The summed E-state index contributed by atoms with van der Waals surface area (Å²) >= 11 is 0. The molecule has 8 nitrogen and oxygen atoms in total. The van der Waals surface area contributed by atoms with Crippen molar-refractivity contribution in [2.45, 2.75) is 87.3 Å². The van der Waals surface area contributed by atoms with Crippen LogP contribution in [0.1, 0.15) is 61.3 Å². The molecule has 2 N–H and O–H groups in total. The van der Waals surface area contributed by atoms with Crippen LogP contribution in [0.4, 0.5) is 0 Å². The number of hydrogen-bond acceptors (Lipinski definition) is 7. The third kappa shape index (κ3) is 3.76. The van der Waals surface area contributed by atoms with Crippen LogP contribution in [0.5, 0.6) is 11.5 Å². The monoisotopic (exact) mass is 552 g/mol. The summed E-state index contributed by atoms with van der Waals surface area (Å²) in [4.78, 5) is 15.2. The second-order valence-corrected chi connectivity index (χ2v) is 14.1. The number of carbonyl (C=O) groups is 1. The van der Waals surface area contributed by atoms with Crippen LogP contribution >= 0.6 is 0 Å². The Morgan fingerprint density at radius 2 is 1.97 bits per heavy atom. The van der Waals surface area contributed by atoms with E-state index in [0.29, 0.717) is 37.4 Å². The Balaban J connectivity index is 1.31. The van der Waals surface area contributed by atoms with Crippen molar-refractivity contribution in [3.63, 3.8) is 0 Å². The molecule has 0 aromatic heterocycles. The molecule has 1 spiro atoms. The van der Waals surface area contributed by atoms with Gasteiger partial charge in [0, 0.05) is 19.0 Å². The van der Waals surface area contributed by atoms with Gasteiger partial charge in [0.1, 0.15) is 11.7 Å². The van der Waals surface area contributed by atoms with Crippen LogP contribution < -0.4 is 9.46 Å². The molecule has 2 saturated carbocycles. The van der Waals surface area contributed by atoms with Crippen molar-refractivity contribution in [3.8, 4) is 11.5 Å². The highest BCUT2D eigenvalue weighted by Gasteiger charge is 2.75. The predicted molar refractivity (Wildman–Crippen MR) is 145 cm³/mol. The molecule has 0 radical (unpaired) electrons. The molecule has 39 heavy (non-hydrogen) atoms. The van der Waals surface area contributed by atoms with E-state index in [9.17, 15) is 18.3 Å². The van der Waals surface area contributed by atoms with E-state index in [2.05, 4.69) is 9.62 Å². The number of benzene rings is 2. The summed E-state index contributed by atoms with van der Waals surface area (Å²) in [6, 6.07) is 10.6. The minimum atomic E-state index is -3.70. The lowest BCUT2D eigenvalue weighted by Gasteiger charge is -2.65. The fourth-order valence-corrected chi connectivity index (χ4v) is 9.81. The topological polar surface area (TPSA) is 105 Å². The first-order valence-electron chi connectivity index (χ1n) is 14.1. The van der Waals surface area contributed by atoms with E-state index in [1.54, 1.807) is 6.07 Å². The first-order chi connectivity index (χ1) is 18.6. The summed E-state index contributed by atoms with van der Waals surface area (Å²) in [6.07, 6.45) is 4.28. The number of nitrogens with zero attached hydrogens (tertiary/aromatic N) is 1. The van der Waals surface area contributed by atoms with E-state index in [0.717, 1.165) is 35.3 Å². The molecular formula is C30H36N2O6S. The summed E-state index contributed by atoms with van der Waals surface area (Å²) < 4.78 is 43.0. The maximum Gasteiger partial charge on any atom is 0.303 e. The molecule has 5 aliphatic rings. The number of phenolic OH excluding ortho intramolecular Hbond substituents is 1. The molecule has 1 saturated heterocycles. The second kappa shape index (κ2) is 8.69. The van der Waals surface area contributed by atoms with E-state index < -0.39 is 33.2 Å². The lowest BCUT2D eigenvalue weighted by Crippen LogP contribution is -2.79. The van der Waals surface area contributed by atoms with Gasteiger partial charge in [0.2, 0.25) is 10.0 Å². The van der Waals surface area contributed by atoms with E-state index in [-0.39, 0.29) is 23.5 Å². The van der Waals surface area contributed by atoms with Crippen molar-refractivity contribution in [1.82, 2.24) is 9.62 Å². The number of carbonyl (C=O) groups excluding carboxylic acids is 1. The Kier molecular flexibility index (Phi) is 5.65. The summed E-state index contributed by atoms with van der Waals surface area (Å²) in [5, 5.41) is 10.9. The van der Waals surface area contributed by atoms with E-state index in [1.807, 2.05) is 37.3 Å². The Morgan fingerprint density at radius 3 is 2.72 bits per heavy atom. The van der Waals surface area contributed by atoms with Gasteiger partial charge in [-0.05, 0) is 80.7 Å². The first-order valence-corrected chi connectivity index (χ1v) is 15.8. The zero-order valence-electron chi connectivity index (χ0n) is 22.5. The molecule has 2 aromatic carbocycles. The van der Waals surface area contributed by atoms with Gasteiger partial charge < -0.3 is 14.6 Å². The minimum Gasteiger partial charge on any atom is -0.504 e. The Hall–Kier alpha value is -2.62. The fourth-order valence-electron chi connectivity index (χ4n) is 8.29. The molecule has 7 rings (SSSR count). The summed E-state index contributed by atoms with van der Waals surface area (Å²) in [6.45, 7) is 5.19. The zero-order chi connectivity index (χ0) is 27.2. The van der Waals surface area contributed by atoms with Gasteiger partial charge in [-0.3, -0.25) is 9.69 Å². The lowest BCUT2D eigenvalue weighted by molar-refractivity contribution is -0.218. The van der Waals surface area contributed by atoms with Crippen molar-refractivity contribution in [2.75, 3.05) is 13.1 Å². The molecule has 2 aliphatic heterocycles. The van der Waals surface area contributed by atoms with Crippen LogP contribution in [-0.4, -0.2) is 61.3 Å². The molecular weight excluding hydrogens is 516 g/mol. The lowest BCUT2D eigenvalue weighted by atomic mass is 9.48. The number of esters is 1. The third-order valence-electron chi connectivity index (χ3n) is 9.99. The van der Waals surface area contributed by atoms with Crippen molar-refractivity contribution in [1.29, 1.82) is 0 Å². The molecule has 2 aromatic rings. The molecule has 5 atom stereocenters. The second-order valence-electron chi connectivity index (χ2n) is 12.3. The summed E-state index contributed by atoms with van der Waals surface area (Å²) in [5.41, 5.74) is 2.12. The van der Waals surface area contributed by atoms with Crippen LogP contribution in [0.2, 0.25) is 0 Å². The van der Waals surface area contributed by atoms with Gasteiger partial charge in [0.15, 0.2) is 11.5 Å². The molecule has 3 aliphatic carbocycles. The van der Waals surface area contributed by atoms with Gasteiger partial charge in [0.05, 0.1) is 23.3 Å². The van der Waals surface area contributed by atoms with Gasteiger partial charge in [0.25, 0.3) is 0 Å². The Labute approximate surface area is 229 Å². The highest BCUT2D eigenvalue weighted by molar-refractivity contribution is 7.88. The minimum absolute atomic E-state index is 0.0191. The maximum absolute atomic E-state index is 13.5. The number of sulfonamides is 1. The average Bonchev–Trinajstić information content (AvgIpc) is 3.61. The van der Waals surface area contributed by atoms with Gasteiger partial charge in [-0.1, -0.05) is 30.3 Å². The van der Waals surface area contributed by atoms with E-state index >= 15 is 0 Å². The van der Waals surface area contributed by atoms with E-state index in [1.165, 1.54) is 19.8 Å². The summed E-state index contributed by atoms with van der Waals surface area (Å²) in [7, 11) is -3.70. The molecule has 0 unspecified atom stereocenters. The largest absolute Gasteiger partial charge is 0.504 e. The standard InChI is InChI=1S/C30H36N2O6S/c1-18-5-3-4-6-22(18)17-39(35,36)31-23-11-12-30(38-19(2)33)25-15-21-9-10-24(34)27-26(21)29(30,28(23)37-27)13-14-32(25)16-20-7-8-20/h3-6,9-10,20,23,25,28,31,34H,7-8,11-17H2,1-2H3/t23-,25-,28+,29+,30-/m1/s1. The molecule has 9 heteroatoms. The Bertz CT molecular complexity index is 1460. The summed E-state index contributed by atoms with van der Waals surface area (Å²) in [5.74, 6) is 0.710. The Morgan fingerprint density at radius 1 is 1.18 bits per heavy atom. The number of aryl methyl sites for hydroxylation is 1. The van der Waals surface area contributed by atoms with Gasteiger partial charge in [-0.15, -0.1) is 0 Å². The maximum atomic E-state index is 13.5. The molecule has 208 valence electrons. The highest BCUT2D eigenvalue weighted by atomic mass is 32.2. The third-order valence-corrected chi connectivity index (χ3v) is 11.3. The fraction of sp³-hybridized carbons (Fsp3) is 0.567. The molecule has 3 fully saturated rings. The molecule has 2 heterocycles. The van der Waals surface area contributed by atoms with Gasteiger partial charge in [-0.25, -0.2) is 13.1 Å². The number of piperidine rings is 1. The predicted octanol–water partition coefficient (Wildman–Crippen LogP) is 3.32. The van der Waals surface area contributed by atoms with Crippen LogP contribution in [0.15, 0.2) is 36.4 Å². The van der Waals surface area contributed by atoms with Crippen molar-refractivity contribution in [2.24, 2.45) is 5.92 Å². The normalized spacial score (nSPS) is 32.8. The number of nitrogens with one attached hydrogen (secondary N) is 1. The number of rotatable bonds is 7. The van der Waals surface area contributed by atoms with Gasteiger partial charge >= 0.3 is 5.97 Å². The van der Waals surface area contributed by atoms with Crippen LogP contribution in [0, 0.1) is 12.8 Å². The van der Waals surface area contributed by atoms with Crippen LogP contribution in [0.3, 0.4) is 0 Å².